The van der Waals surface area contributed by atoms with Crippen molar-refractivity contribution in [1.29, 1.82) is 0 Å². The lowest BCUT2D eigenvalue weighted by molar-refractivity contribution is -0.345. The van der Waals surface area contributed by atoms with Crippen molar-refractivity contribution in [2.45, 2.75) is 162 Å². The van der Waals surface area contributed by atoms with Gasteiger partial charge in [-0.05, 0) is 12.8 Å². The number of esters is 6. The van der Waals surface area contributed by atoms with E-state index in [0.717, 1.165) is 40.0 Å². The van der Waals surface area contributed by atoms with Gasteiger partial charge in [-0.15, -0.1) is 0 Å². The number of hydrogen-bond donors (Lipinski definition) is 0. The number of carbonyl (C=O) groups is 6. The van der Waals surface area contributed by atoms with Crippen LogP contribution in [0.5, 0.6) is 0 Å². The highest BCUT2D eigenvalue weighted by atomic mass is 16.8. The Morgan fingerprint density at radius 2 is 1.26 bits per heavy atom. The van der Waals surface area contributed by atoms with Crippen LogP contribution in [0.4, 0.5) is 0 Å². The minimum Gasteiger partial charge on any atom is -0.472 e. The molecular weight excluding hydrogens is 696 g/mol. The van der Waals surface area contributed by atoms with Crippen molar-refractivity contribution in [3.63, 3.8) is 0 Å². The molecule has 3 rings (SSSR count). The van der Waals surface area contributed by atoms with Gasteiger partial charge in [0.1, 0.15) is 18.8 Å². The maximum absolute atomic E-state index is 12.8. The maximum Gasteiger partial charge on any atom is 0.337 e. The Labute approximate surface area is 312 Å². The van der Waals surface area contributed by atoms with Crippen LogP contribution in [0.3, 0.4) is 0 Å². The maximum atomic E-state index is 12.8. The van der Waals surface area contributed by atoms with Gasteiger partial charge in [0.05, 0.1) is 18.9 Å². The van der Waals surface area contributed by atoms with Crippen LogP contribution >= 0.6 is 0 Å². The molecule has 53 heavy (non-hydrogen) atoms. The van der Waals surface area contributed by atoms with Crippen LogP contribution in [0, 0.1) is 17.8 Å². The standard InChI is InChI=1S/C38H58O15/c1-8-9-10-11-12-13-14-15-16-17-18-31(43)46-21-30-33(49-24(4)40)34(50-25(5)41)35(51-26(6)42)38(52-30)53-37-32-22(2)29(48-23(3)39)19-27(32)28(20-47-37)36(44)45-7/h20,22,27,29-30,32-35,37-38H,8-19,21H2,1-7H3/t22-,27+,29-,30+,32+,33+,34-,35+,37-,38-/m0/s1. The normalized spacial score (nSPS) is 29.1. The monoisotopic (exact) mass is 754 g/mol. The predicted octanol–water partition coefficient (Wildman–Crippen LogP) is 4.99. The molecule has 1 saturated heterocycles. The lowest BCUT2D eigenvalue weighted by atomic mass is 9.83. The molecule has 0 aromatic carbocycles. The van der Waals surface area contributed by atoms with Gasteiger partial charge < -0.3 is 42.6 Å². The van der Waals surface area contributed by atoms with Gasteiger partial charge in [0.25, 0.3) is 0 Å². The summed E-state index contributed by atoms with van der Waals surface area (Å²) in [5.41, 5.74) is 0.222. The molecule has 0 aromatic rings. The van der Waals surface area contributed by atoms with Crippen LogP contribution < -0.4 is 0 Å². The first kappa shape index (κ1) is 43.7. The summed E-state index contributed by atoms with van der Waals surface area (Å²) in [5, 5.41) is 0. The zero-order chi connectivity index (χ0) is 39.1. The van der Waals surface area contributed by atoms with Crippen molar-refractivity contribution in [2.75, 3.05) is 13.7 Å². The molecule has 0 radical (unpaired) electrons. The number of carbonyl (C=O) groups excluding carboxylic acids is 6. The van der Waals surface area contributed by atoms with Gasteiger partial charge in [0, 0.05) is 51.9 Å². The van der Waals surface area contributed by atoms with Crippen LogP contribution in [0.25, 0.3) is 0 Å². The Balaban J connectivity index is 1.79. The highest BCUT2D eigenvalue weighted by Gasteiger charge is 2.57. The van der Waals surface area contributed by atoms with Gasteiger partial charge in [-0.1, -0.05) is 71.6 Å². The van der Waals surface area contributed by atoms with E-state index in [1.54, 1.807) is 0 Å². The summed E-state index contributed by atoms with van der Waals surface area (Å²) in [6, 6.07) is 0. The van der Waals surface area contributed by atoms with Gasteiger partial charge in [0.2, 0.25) is 12.6 Å². The number of hydrogen-bond acceptors (Lipinski definition) is 15. The minimum atomic E-state index is -1.51. The van der Waals surface area contributed by atoms with Crippen molar-refractivity contribution in [3.8, 4) is 0 Å². The summed E-state index contributed by atoms with van der Waals surface area (Å²) < 4.78 is 51.3. The smallest absolute Gasteiger partial charge is 0.337 e. The lowest BCUT2D eigenvalue weighted by Gasteiger charge is -2.46. The molecule has 15 nitrogen and oxygen atoms in total. The van der Waals surface area contributed by atoms with E-state index in [0.29, 0.717) is 6.42 Å². The number of unbranched alkanes of at least 4 members (excludes halogenated alkanes) is 9. The zero-order valence-electron chi connectivity index (χ0n) is 32.2. The summed E-state index contributed by atoms with van der Waals surface area (Å²) in [7, 11) is 1.24. The van der Waals surface area contributed by atoms with Crippen molar-refractivity contribution in [2.24, 2.45) is 17.8 Å². The van der Waals surface area contributed by atoms with Crippen LogP contribution in [-0.2, 0) is 71.4 Å². The molecule has 1 aliphatic carbocycles. The van der Waals surface area contributed by atoms with E-state index in [2.05, 4.69) is 6.92 Å². The van der Waals surface area contributed by atoms with E-state index < -0.39 is 103 Å². The molecule has 15 heteroatoms. The van der Waals surface area contributed by atoms with Crippen LogP contribution in [0.1, 0.15) is 119 Å². The number of rotatable bonds is 20. The van der Waals surface area contributed by atoms with E-state index in [-0.39, 0.29) is 18.4 Å². The Hall–Kier alpha value is -3.72. The fourth-order valence-corrected chi connectivity index (χ4v) is 7.37. The average molecular weight is 755 g/mol. The molecule has 1 saturated carbocycles. The van der Waals surface area contributed by atoms with E-state index in [9.17, 15) is 28.8 Å². The minimum absolute atomic E-state index is 0.167. The Kier molecular flexibility index (Phi) is 18.0. The van der Waals surface area contributed by atoms with Gasteiger partial charge in [-0.2, -0.15) is 0 Å². The number of fused-ring (bicyclic) bond motifs is 1. The molecule has 0 unspecified atom stereocenters. The molecule has 0 amide bonds. The van der Waals surface area contributed by atoms with Crippen LogP contribution in [0.15, 0.2) is 11.8 Å². The average Bonchev–Trinajstić information content (AvgIpc) is 3.41. The fraction of sp³-hybridized carbons (Fsp3) is 0.789. The third kappa shape index (κ3) is 13.3. The second-order valence-corrected chi connectivity index (χ2v) is 14.0. The van der Waals surface area contributed by atoms with E-state index in [1.165, 1.54) is 58.8 Å². The molecule has 300 valence electrons. The number of ether oxygens (including phenoxy) is 9. The largest absolute Gasteiger partial charge is 0.472 e. The van der Waals surface area contributed by atoms with Crippen molar-refractivity contribution < 1.29 is 71.4 Å². The second kappa shape index (κ2) is 21.9. The number of methoxy groups -OCH3 is 1. The van der Waals surface area contributed by atoms with Crippen LogP contribution in [0.2, 0.25) is 0 Å². The first-order valence-corrected chi connectivity index (χ1v) is 18.9. The van der Waals surface area contributed by atoms with Crippen molar-refractivity contribution in [1.82, 2.24) is 0 Å². The second-order valence-electron chi connectivity index (χ2n) is 14.0. The Bertz CT molecular complexity index is 1280. The fourth-order valence-electron chi connectivity index (χ4n) is 7.37. The third-order valence-corrected chi connectivity index (χ3v) is 9.83. The zero-order valence-corrected chi connectivity index (χ0v) is 32.2. The van der Waals surface area contributed by atoms with E-state index in [4.69, 9.17) is 42.6 Å². The molecule has 0 spiro atoms. The molecule has 10 atom stereocenters. The molecular formula is C38H58O15. The van der Waals surface area contributed by atoms with Gasteiger partial charge in [-0.25, -0.2) is 4.79 Å². The van der Waals surface area contributed by atoms with Gasteiger partial charge in [0.15, 0.2) is 18.3 Å². The molecule has 3 aliphatic rings. The quantitative estimate of drug-likeness (QED) is 0.0918. The van der Waals surface area contributed by atoms with Crippen molar-refractivity contribution >= 4 is 35.8 Å². The molecule has 2 aliphatic heterocycles. The van der Waals surface area contributed by atoms with Crippen LogP contribution in [-0.4, -0.2) is 92.6 Å². The Morgan fingerprint density at radius 3 is 1.83 bits per heavy atom. The summed E-state index contributed by atoms with van der Waals surface area (Å²) in [6.45, 7) is 8.30. The molecule has 0 N–H and O–H groups in total. The van der Waals surface area contributed by atoms with Gasteiger partial charge in [-0.3, -0.25) is 24.0 Å². The Morgan fingerprint density at radius 1 is 0.717 bits per heavy atom. The summed E-state index contributed by atoms with van der Waals surface area (Å²) in [5.74, 6) is -5.44. The SMILES string of the molecule is CCCCCCCCCCCCC(=O)OC[C@H]1O[C@@H](O[C@@H]2OC=C(C(=O)OC)[C@H]3C[C@H](OC(C)=O)[C@H](C)[C@@H]23)[C@H](OC(C)=O)[C@@H](OC(C)=O)[C@@H]1OC(C)=O. The molecule has 2 heterocycles. The van der Waals surface area contributed by atoms with E-state index in [1.807, 2.05) is 6.92 Å². The summed E-state index contributed by atoms with van der Waals surface area (Å²) >= 11 is 0. The topological polar surface area (TPSA) is 185 Å². The predicted molar refractivity (Wildman–Crippen MR) is 185 cm³/mol. The van der Waals surface area contributed by atoms with Crippen molar-refractivity contribution in [3.05, 3.63) is 11.8 Å². The lowest BCUT2D eigenvalue weighted by Crippen LogP contribution is -2.63. The van der Waals surface area contributed by atoms with E-state index >= 15 is 0 Å². The summed E-state index contributed by atoms with van der Waals surface area (Å²) in [4.78, 5) is 74.5. The first-order valence-electron chi connectivity index (χ1n) is 18.9. The highest BCUT2D eigenvalue weighted by Crippen LogP contribution is 2.49. The molecule has 0 bridgehead atoms. The molecule has 0 aromatic heterocycles. The first-order chi connectivity index (χ1) is 25.3. The third-order valence-electron chi connectivity index (χ3n) is 9.83. The summed E-state index contributed by atoms with van der Waals surface area (Å²) in [6.07, 6.45) is 3.92. The van der Waals surface area contributed by atoms with Gasteiger partial charge >= 0.3 is 35.8 Å². The highest BCUT2D eigenvalue weighted by molar-refractivity contribution is 5.89. The molecule has 2 fully saturated rings.